The van der Waals surface area contributed by atoms with Crippen LogP contribution in [0.1, 0.15) is 17.3 Å². The van der Waals surface area contributed by atoms with Crippen LogP contribution in [0, 0.1) is 0 Å². The first-order chi connectivity index (χ1) is 7.75. The van der Waals surface area contributed by atoms with Gasteiger partial charge in [-0.1, -0.05) is 11.2 Å². The third kappa shape index (κ3) is 3.90. The molecule has 1 unspecified atom stereocenters. The molecule has 1 aromatic rings. The summed E-state index contributed by atoms with van der Waals surface area (Å²) < 4.78 is 0. The quantitative estimate of drug-likeness (QED) is 0.326. The number of hydrogen-bond acceptors (Lipinski definition) is 4. The third-order valence-electron chi connectivity index (χ3n) is 1.96. The maximum atomic E-state index is 11.2. The molecular weight excluding hydrogens is 226 g/mol. The molecule has 0 saturated heterocycles. The first-order valence-corrected chi connectivity index (χ1v) is 5.70. The molecule has 0 aliphatic carbocycles. The lowest BCUT2D eigenvalue weighted by Crippen LogP contribution is -2.33. The van der Waals surface area contributed by atoms with Crippen LogP contribution in [0.2, 0.25) is 0 Å². The molecule has 86 valence electrons. The first kappa shape index (κ1) is 12.5. The topological polar surface area (TPSA) is 104 Å². The van der Waals surface area contributed by atoms with Gasteiger partial charge in [0.15, 0.2) is 0 Å². The van der Waals surface area contributed by atoms with Gasteiger partial charge in [0.25, 0.3) is 0 Å². The summed E-state index contributed by atoms with van der Waals surface area (Å²) in [6, 6.07) is 3.28. The van der Waals surface area contributed by atoms with Crippen molar-refractivity contribution in [1.82, 2.24) is 5.32 Å². The average Bonchev–Trinajstić information content (AvgIpc) is 2.76. The fraction of sp³-hybridized carbons (Fsp3) is 0.444. The maximum absolute atomic E-state index is 11.2. The number of carbonyl (C=O) groups excluding carboxylic acids is 1. The zero-order chi connectivity index (χ0) is 11.8. The van der Waals surface area contributed by atoms with Gasteiger partial charge in [0.2, 0.25) is 5.91 Å². The van der Waals surface area contributed by atoms with Crippen LogP contribution in [0.4, 0.5) is 0 Å². The second kappa shape index (κ2) is 6.84. The highest BCUT2D eigenvalue weighted by molar-refractivity contribution is 7.10. The number of nitrogens with two attached hydrogens (primary N) is 1. The van der Waals surface area contributed by atoms with Crippen molar-refractivity contribution in [3.8, 4) is 0 Å². The van der Waals surface area contributed by atoms with E-state index in [1.54, 1.807) is 0 Å². The summed E-state index contributed by atoms with van der Waals surface area (Å²) in [6.45, 7) is 1.00. The van der Waals surface area contributed by atoms with Crippen molar-refractivity contribution in [3.63, 3.8) is 0 Å². The Morgan fingerprint density at radius 3 is 3.12 bits per heavy atom. The van der Waals surface area contributed by atoms with E-state index in [9.17, 15) is 4.79 Å². The van der Waals surface area contributed by atoms with Gasteiger partial charge < -0.3 is 11.1 Å². The molecule has 0 spiro atoms. The average molecular weight is 239 g/mol. The maximum Gasteiger partial charge on any atom is 0.239 e. The van der Waals surface area contributed by atoms with E-state index in [0.29, 0.717) is 19.5 Å². The van der Waals surface area contributed by atoms with Crippen molar-refractivity contribution in [3.05, 3.63) is 32.8 Å². The molecule has 1 aromatic heterocycles. The molecule has 7 heteroatoms. The predicted molar refractivity (Wildman–Crippen MR) is 62.9 cm³/mol. The lowest BCUT2D eigenvalue weighted by atomic mass is 10.2. The number of rotatable bonds is 7. The fourth-order valence-electron chi connectivity index (χ4n) is 1.24. The van der Waals surface area contributed by atoms with E-state index in [0.717, 1.165) is 4.88 Å². The Kier molecular flexibility index (Phi) is 5.35. The summed E-state index contributed by atoms with van der Waals surface area (Å²) in [4.78, 5) is 14.7. The number of primary amides is 1. The van der Waals surface area contributed by atoms with Crippen LogP contribution in [0.15, 0.2) is 22.6 Å². The highest BCUT2D eigenvalue weighted by Gasteiger charge is 2.17. The van der Waals surface area contributed by atoms with E-state index in [2.05, 4.69) is 15.3 Å². The molecule has 3 N–H and O–H groups in total. The monoisotopic (exact) mass is 239 g/mol. The number of nitrogens with one attached hydrogen (secondary N) is 1. The molecular formula is C9H13N5OS. The summed E-state index contributed by atoms with van der Waals surface area (Å²) in [7, 11) is 0. The SMILES string of the molecule is [N-]=[N+]=NCCCNC(C(N)=O)c1cccs1. The Labute approximate surface area is 97.1 Å². The van der Waals surface area contributed by atoms with Crippen LogP contribution < -0.4 is 11.1 Å². The molecule has 16 heavy (non-hydrogen) atoms. The molecule has 0 fully saturated rings. The van der Waals surface area contributed by atoms with Gasteiger partial charge in [0.1, 0.15) is 6.04 Å². The number of azide groups is 1. The van der Waals surface area contributed by atoms with Gasteiger partial charge in [-0.3, -0.25) is 4.79 Å². The fourth-order valence-corrected chi connectivity index (χ4v) is 2.04. The van der Waals surface area contributed by atoms with E-state index in [1.807, 2.05) is 17.5 Å². The summed E-state index contributed by atoms with van der Waals surface area (Å²) in [5.41, 5.74) is 13.4. The van der Waals surface area contributed by atoms with Crippen molar-refractivity contribution >= 4 is 17.2 Å². The Morgan fingerprint density at radius 2 is 2.56 bits per heavy atom. The van der Waals surface area contributed by atoms with Gasteiger partial charge in [-0.15, -0.1) is 11.3 Å². The Hall–Kier alpha value is -1.56. The molecule has 1 heterocycles. The smallest absolute Gasteiger partial charge is 0.239 e. The van der Waals surface area contributed by atoms with Gasteiger partial charge in [-0.2, -0.15) is 0 Å². The summed E-state index contributed by atoms with van der Waals surface area (Å²) >= 11 is 1.48. The van der Waals surface area contributed by atoms with Gasteiger partial charge in [-0.25, -0.2) is 0 Å². The lowest BCUT2D eigenvalue weighted by molar-refractivity contribution is -0.120. The minimum Gasteiger partial charge on any atom is -0.368 e. The molecule has 1 amide bonds. The molecule has 0 saturated carbocycles. The number of thiophene rings is 1. The Bertz CT molecular complexity index is 371. The third-order valence-corrected chi connectivity index (χ3v) is 2.90. The van der Waals surface area contributed by atoms with E-state index in [1.165, 1.54) is 11.3 Å². The van der Waals surface area contributed by atoms with E-state index < -0.39 is 11.9 Å². The van der Waals surface area contributed by atoms with Crippen molar-refractivity contribution in [1.29, 1.82) is 0 Å². The van der Waals surface area contributed by atoms with Crippen molar-refractivity contribution < 1.29 is 4.79 Å². The van der Waals surface area contributed by atoms with Gasteiger partial charge in [0.05, 0.1) is 0 Å². The number of nitrogens with zero attached hydrogens (tertiary/aromatic N) is 3. The van der Waals surface area contributed by atoms with Crippen LogP contribution in [-0.4, -0.2) is 19.0 Å². The second-order valence-electron chi connectivity index (χ2n) is 3.11. The van der Waals surface area contributed by atoms with Crippen molar-refractivity contribution in [2.45, 2.75) is 12.5 Å². The standard InChI is InChI=1S/C9H13N5OS/c10-9(15)8(7-3-1-6-16-7)12-4-2-5-13-14-11/h1,3,6,8,12H,2,4-5H2,(H2,10,15). The van der Waals surface area contributed by atoms with Crippen LogP contribution in [0.25, 0.3) is 10.4 Å². The van der Waals surface area contributed by atoms with Crippen LogP contribution in [0.5, 0.6) is 0 Å². The molecule has 0 aliphatic heterocycles. The number of amides is 1. The minimum atomic E-state index is -0.453. The van der Waals surface area contributed by atoms with Gasteiger partial charge >= 0.3 is 0 Å². The zero-order valence-electron chi connectivity index (χ0n) is 8.67. The predicted octanol–water partition coefficient (Wildman–Crippen LogP) is 1.56. The molecule has 0 aliphatic rings. The Balaban J connectivity index is 2.41. The van der Waals surface area contributed by atoms with E-state index in [-0.39, 0.29) is 0 Å². The van der Waals surface area contributed by atoms with Crippen LogP contribution >= 0.6 is 11.3 Å². The van der Waals surface area contributed by atoms with E-state index in [4.69, 9.17) is 11.3 Å². The molecule has 1 rings (SSSR count). The minimum absolute atomic E-state index is 0.397. The molecule has 6 nitrogen and oxygen atoms in total. The zero-order valence-corrected chi connectivity index (χ0v) is 9.48. The summed E-state index contributed by atoms with van der Waals surface area (Å²) in [5, 5.41) is 8.33. The number of hydrogen-bond donors (Lipinski definition) is 2. The second-order valence-corrected chi connectivity index (χ2v) is 4.09. The highest BCUT2D eigenvalue weighted by Crippen LogP contribution is 2.18. The summed E-state index contributed by atoms with van der Waals surface area (Å²) in [6.07, 6.45) is 0.680. The lowest BCUT2D eigenvalue weighted by Gasteiger charge is -2.12. The summed E-state index contributed by atoms with van der Waals surface area (Å²) in [5.74, 6) is -0.397. The van der Waals surface area contributed by atoms with Gasteiger partial charge in [-0.05, 0) is 29.9 Å². The molecule has 0 radical (unpaired) electrons. The largest absolute Gasteiger partial charge is 0.368 e. The van der Waals surface area contributed by atoms with Crippen molar-refractivity contribution in [2.24, 2.45) is 10.8 Å². The Morgan fingerprint density at radius 1 is 1.75 bits per heavy atom. The van der Waals surface area contributed by atoms with E-state index >= 15 is 0 Å². The normalized spacial score (nSPS) is 11.8. The van der Waals surface area contributed by atoms with Crippen LogP contribution in [0.3, 0.4) is 0 Å². The highest BCUT2D eigenvalue weighted by atomic mass is 32.1. The van der Waals surface area contributed by atoms with Gasteiger partial charge in [0, 0.05) is 16.3 Å². The number of carbonyl (C=O) groups is 1. The molecule has 0 bridgehead atoms. The van der Waals surface area contributed by atoms with Crippen molar-refractivity contribution in [2.75, 3.05) is 13.1 Å². The van der Waals surface area contributed by atoms with Crippen LogP contribution in [-0.2, 0) is 4.79 Å². The molecule has 0 aromatic carbocycles. The first-order valence-electron chi connectivity index (χ1n) is 4.82. The molecule has 1 atom stereocenters.